The van der Waals surface area contributed by atoms with Crippen molar-refractivity contribution in [3.05, 3.63) is 79.2 Å². The Bertz CT molecular complexity index is 1240. The Hall–Kier alpha value is -2.61. The number of halogens is 2. The molecule has 0 spiro atoms. The molecule has 1 atom stereocenters. The second kappa shape index (κ2) is 8.39. The van der Waals surface area contributed by atoms with Crippen LogP contribution in [0.2, 0.25) is 10.0 Å². The van der Waals surface area contributed by atoms with Gasteiger partial charge < -0.3 is 9.88 Å². The van der Waals surface area contributed by atoms with Gasteiger partial charge in [-0.05, 0) is 50.4 Å². The van der Waals surface area contributed by atoms with Gasteiger partial charge in [0.1, 0.15) is 5.54 Å². The standard InChI is InChI=1S/C23H21Cl2N3O3S/c1-13-9-17(14(2)27(13)11-16-5-4-8-32-16)20(29)12-28-21(30)23(3,26-22(28)31)18-7-6-15(24)10-19(18)25/h4-10H,11-12H2,1-3H3,(H,26,31). The van der Waals surface area contributed by atoms with E-state index in [4.69, 9.17) is 23.2 Å². The number of benzene rings is 1. The Morgan fingerprint density at radius 2 is 1.91 bits per heavy atom. The Morgan fingerprint density at radius 3 is 2.56 bits per heavy atom. The average Bonchev–Trinajstić information content (AvgIpc) is 3.39. The monoisotopic (exact) mass is 489 g/mol. The number of imide groups is 1. The molecule has 0 bridgehead atoms. The molecule has 32 heavy (non-hydrogen) atoms. The number of urea groups is 1. The molecule has 1 aromatic carbocycles. The third kappa shape index (κ3) is 3.85. The summed E-state index contributed by atoms with van der Waals surface area (Å²) >= 11 is 13.9. The molecule has 1 fully saturated rings. The predicted molar refractivity (Wildman–Crippen MR) is 126 cm³/mol. The summed E-state index contributed by atoms with van der Waals surface area (Å²) in [4.78, 5) is 41.1. The SMILES string of the molecule is Cc1cc(C(=O)CN2C(=O)NC(C)(c3ccc(Cl)cc3Cl)C2=O)c(C)n1Cc1cccs1. The van der Waals surface area contributed by atoms with Crippen molar-refractivity contribution in [2.75, 3.05) is 6.54 Å². The van der Waals surface area contributed by atoms with Gasteiger partial charge in [0.25, 0.3) is 5.91 Å². The molecular weight excluding hydrogens is 469 g/mol. The van der Waals surface area contributed by atoms with E-state index in [2.05, 4.69) is 9.88 Å². The van der Waals surface area contributed by atoms with Crippen molar-refractivity contribution in [2.45, 2.75) is 32.9 Å². The Kier molecular flexibility index (Phi) is 5.92. The quantitative estimate of drug-likeness (QED) is 0.383. The van der Waals surface area contributed by atoms with Crippen molar-refractivity contribution in [3.63, 3.8) is 0 Å². The smallest absolute Gasteiger partial charge is 0.325 e. The van der Waals surface area contributed by atoms with E-state index in [1.165, 1.54) is 10.9 Å². The Labute approximate surface area is 199 Å². The fourth-order valence-electron chi connectivity index (χ4n) is 4.03. The average molecular weight is 490 g/mol. The number of carbonyl (C=O) groups is 3. The topological polar surface area (TPSA) is 71.4 Å². The third-order valence-electron chi connectivity index (χ3n) is 5.81. The largest absolute Gasteiger partial charge is 0.343 e. The number of rotatable bonds is 6. The fraction of sp³-hybridized carbons (Fsp3) is 0.261. The van der Waals surface area contributed by atoms with Crippen molar-refractivity contribution >= 4 is 52.3 Å². The van der Waals surface area contributed by atoms with Gasteiger partial charge in [-0.3, -0.25) is 14.5 Å². The van der Waals surface area contributed by atoms with Crippen LogP contribution in [-0.4, -0.2) is 33.7 Å². The first-order valence-electron chi connectivity index (χ1n) is 9.93. The first-order chi connectivity index (χ1) is 15.1. The molecule has 0 radical (unpaired) electrons. The number of aromatic nitrogens is 1. The normalized spacial score (nSPS) is 18.3. The second-order valence-electron chi connectivity index (χ2n) is 7.94. The van der Waals surface area contributed by atoms with E-state index in [1.807, 2.05) is 31.4 Å². The van der Waals surface area contributed by atoms with Crippen LogP contribution >= 0.6 is 34.5 Å². The van der Waals surface area contributed by atoms with E-state index in [-0.39, 0.29) is 17.4 Å². The van der Waals surface area contributed by atoms with Crippen LogP contribution < -0.4 is 5.32 Å². The number of nitrogens with zero attached hydrogens (tertiary/aromatic N) is 2. The molecule has 2 aromatic heterocycles. The zero-order valence-electron chi connectivity index (χ0n) is 17.7. The van der Waals surface area contributed by atoms with Gasteiger partial charge in [0, 0.05) is 37.4 Å². The lowest BCUT2D eigenvalue weighted by molar-refractivity contribution is -0.130. The zero-order chi connectivity index (χ0) is 23.2. The van der Waals surface area contributed by atoms with Crippen LogP contribution in [0.5, 0.6) is 0 Å². The number of amides is 3. The van der Waals surface area contributed by atoms with Crippen molar-refractivity contribution in [3.8, 4) is 0 Å². The highest BCUT2D eigenvalue weighted by molar-refractivity contribution is 7.09. The van der Waals surface area contributed by atoms with Crippen molar-refractivity contribution in [1.82, 2.24) is 14.8 Å². The minimum Gasteiger partial charge on any atom is -0.343 e. The van der Waals surface area contributed by atoms with Crippen molar-refractivity contribution in [1.29, 1.82) is 0 Å². The van der Waals surface area contributed by atoms with Gasteiger partial charge >= 0.3 is 6.03 Å². The molecule has 3 heterocycles. The molecule has 166 valence electrons. The lowest BCUT2D eigenvalue weighted by Crippen LogP contribution is -2.41. The van der Waals surface area contributed by atoms with Gasteiger partial charge in [-0.25, -0.2) is 4.79 Å². The molecule has 1 saturated heterocycles. The van der Waals surface area contributed by atoms with Gasteiger partial charge in [-0.2, -0.15) is 0 Å². The molecule has 4 rings (SSSR count). The summed E-state index contributed by atoms with van der Waals surface area (Å²) in [5.74, 6) is -0.835. The first-order valence-corrected chi connectivity index (χ1v) is 11.6. The lowest BCUT2D eigenvalue weighted by Gasteiger charge is -2.23. The zero-order valence-corrected chi connectivity index (χ0v) is 20.1. The van der Waals surface area contributed by atoms with E-state index in [0.29, 0.717) is 22.7 Å². The molecule has 1 aliphatic rings. The van der Waals surface area contributed by atoms with Gasteiger partial charge in [-0.1, -0.05) is 35.3 Å². The van der Waals surface area contributed by atoms with E-state index in [0.717, 1.165) is 16.3 Å². The highest BCUT2D eigenvalue weighted by atomic mass is 35.5. The third-order valence-corrected chi connectivity index (χ3v) is 7.22. The number of aryl methyl sites for hydroxylation is 1. The van der Waals surface area contributed by atoms with Crippen molar-refractivity contribution in [2.24, 2.45) is 0 Å². The van der Waals surface area contributed by atoms with Gasteiger partial charge in [0.2, 0.25) is 0 Å². The predicted octanol–water partition coefficient (Wildman–Crippen LogP) is 5.17. The van der Waals surface area contributed by atoms with Crippen LogP contribution in [0.15, 0.2) is 41.8 Å². The molecule has 1 aliphatic heterocycles. The maximum absolute atomic E-state index is 13.2. The molecule has 0 aliphatic carbocycles. The van der Waals surface area contributed by atoms with Crippen LogP contribution in [-0.2, 0) is 16.9 Å². The molecule has 0 saturated carbocycles. The molecule has 1 unspecified atom stereocenters. The van der Waals surface area contributed by atoms with Gasteiger partial charge in [0.15, 0.2) is 5.78 Å². The van der Waals surface area contributed by atoms with Crippen LogP contribution in [0.4, 0.5) is 4.79 Å². The second-order valence-corrected chi connectivity index (χ2v) is 9.82. The highest BCUT2D eigenvalue weighted by Gasteiger charge is 2.50. The number of hydrogen-bond acceptors (Lipinski definition) is 4. The molecule has 3 aromatic rings. The number of ketones is 1. The molecule has 9 heteroatoms. The molecule has 1 N–H and O–H groups in total. The van der Waals surface area contributed by atoms with Crippen molar-refractivity contribution < 1.29 is 14.4 Å². The maximum atomic E-state index is 13.2. The number of carbonyl (C=O) groups excluding carboxylic acids is 3. The van der Waals surface area contributed by atoms with Gasteiger partial charge in [-0.15, -0.1) is 11.3 Å². The first kappa shape index (κ1) is 22.6. The van der Waals surface area contributed by atoms with Crippen LogP contribution in [0.3, 0.4) is 0 Å². The fourth-order valence-corrected chi connectivity index (χ4v) is 5.32. The number of hydrogen-bond donors (Lipinski definition) is 1. The molecular formula is C23H21Cl2N3O3S. The van der Waals surface area contributed by atoms with Crippen LogP contribution in [0, 0.1) is 13.8 Å². The van der Waals surface area contributed by atoms with Crippen LogP contribution in [0.1, 0.15) is 39.1 Å². The number of thiophene rings is 1. The maximum Gasteiger partial charge on any atom is 0.325 e. The molecule has 6 nitrogen and oxygen atoms in total. The van der Waals surface area contributed by atoms with E-state index in [9.17, 15) is 14.4 Å². The summed E-state index contributed by atoms with van der Waals surface area (Å²) in [5, 5.41) is 5.37. The summed E-state index contributed by atoms with van der Waals surface area (Å²) in [6, 6.07) is 9.92. The summed E-state index contributed by atoms with van der Waals surface area (Å²) in [7, 11) is 0. The summed E-state index contributed by atoms with van der Waals surface area (Å²) in [6.45, 7) is 5.69. The minimum atomic E-state index is -1.38. The Balaban J connectivity index is 1.57. The van der Waals surface area contributed by atoms with Crippen LogP contribution in [0.25, 0.3) is 0 Å². The Morgan fingerprint density at radius 1 is 1.16 bits per heavy atom. The summed E-state index contributed by atoms with van der Waals surface area (Å²) in [6.07, 6.45) is 0. The number of Topliss-reactive ketones (excluding diaryl/α,β-unsaturated/α-hetero) is 1. The minimum absolute atomic E-state index is 0.263. The van der Waals surface area contributed by atoms with E-state index in [1.54, 1.807) is 36.5 Å². The van der Waals surface area contributed by atoms with E-state index < -0.39 is 17.5 Å². The van der Waals surface area contributed by atoms with Gasteiger partial charge in [0.05, 0.1) is 13.1 Å². The van der Waals surface area contributed by atoms with E-state index >= 15 is 0 Å². The number of nitrogens with one attached hydrogen (secondary N) is 1. The summed E-state index contributed by atoms with van der Waals surface area (Å²) < 4.78 is 2.06. The highest BCUT2D eigenvalue weighted by Crippen LogP contribution is 2.35. The lowest BCUT2D eigenvalue weighted by atomic mass is 9.92. The summed E-state index contributed by atoms with van der Waals surface area (Å²) in [5.41, 5.74) is 1.28. The molecule has 3 amide bonds.